The molecule has 0 radical (unpaired) electrons. The smallest absolute Gasteiger partial charge is 0.176 e. The first-order valence-corrected chi connectivity index (χ1v) is 11.6. The van der Waals surface area contributed by atoms with Crippen molar-refractivity contribution in [2.75, 3.05) is 37.5 Å². The number of ether oxygens (including phenoxy) is 1. The summed E-state index contributed by atoms with van der Waals surface area (Å²) in [5.41, 5.74) is 3.17. The standard InChI is InChI=1S/C22H23N5O3S/c1-4-15(19(5-2)31(3,28)29)17-14-20(27-10-12-30-13-11-27)25-21-16(17)6-8-23-22(21)18-7-9-24-26-18/h4-9,14H,1-2,10-13H2,3H3,(H,24,26)/b19-15-. The van der Waals surface area contributed by atoms with E-state index in [2.05, 4.69) is 33.2 Å². The van der Waals surface area contributed by atoms with Crippen LogP contribution in [0.15, 0.2) is 60.8 Å². The Labute approximate surface area is 180 Å². The molecular formula is C22H23N5O3S. The summed E-state index contributed by atoms with van der Waals surface area (Å²) < 4.78 is 30.4. The van der Waals surface area contributed by atoms with Gasteiger partial charge in [-0.2, -0.15) is 5.10 Å². The van der Waals surface area contributed by atoms with Gasteiger partial charge in [0.1, 0.15) is 17.0 Å². The van der Waals surface area contributed by atoms with Crippen molar-refractivity contribution in [3.63, 3.8) is 0 Å². The Balaban J connectivity index is 2.08. The Morgan fingerprint density at radius 1 is 1.19 bits per heavy atom. The lowest BCUT2D eigenvalue weighted by molar-refractivity contribution is 0.122. The van der Waals surface area contributed by atoms with Crippen molar-refractivity contribution >= 4 is 32.1 Å². The highest BCUT2D eigenvalue weighted by atomic mass is 32.2. The van der Waals surface area contributed by atoms with Gasteiger partial charge in [-0.1, -0.05) is 25.3 Å². The molecule has 0 saturated carbocycles. The zero-order chi connectivity index (χ0) is 22.0. The minimum absolute atomic E-state index is 0.114. The fourth-order valence-corrected chi connectivity index (χ4v) is 4.60. The van der Waals surface area contributed by atoms with Gasteiger partial charge < -0.3 is 9.64 Å². The van der Waals surface area contributed by atoms with E-state index < -0.39 is 9.84 Å². The van der Waals surface area contributed by atoms with Gasteiger partial charge in [0.2, 0.25) is 0 Å². The molecule has 1 fully saturated rings. The summed E-state index contributed by atoms with van der Waals surface area (Å²) in [6.07, 6.45) is 7.39. The Morgan fingerprint density at radius 2 is 1.97 bits per heavy atom. The number of morpholine rings is 1. The maximum Gasteiger partial charge on any atom is 0.176 e. The molecule has 0 spiro atoms. The zero-order valence-electron chi connectivity index (χ0n) is 17.2. The Hall–Kier alpha value is -3.30. The van der Waals surface area contributed by atoms with Crippen LogP contribution in [0.2, 0.25) is 0 Å². The summed E-state index contributed by atoms with van der Waals surface area (Å²) in [7, 11) is -3.53. The van der Waals surface area contributed by atoms with E-state index in [4.69, 9.17) is 9.72 Å². The number of aromatic amines is 1. The molecule has 160 valence electrons. The average Bonchev–Trinajstić information content (AvgIpc) is 3.31. The first-order chi connectivity index (χ1) is 14.9. The van der Waals surface area contributed by atoms with Crippen molar-refractivity contribution < 1.29 is 13.2 Å². The van der Waals surface area contributed by atoms with Crippen LogP contribution in [-0.2, 0) is 14.6 Å². The van der Waals surface area contributed by atoms with Gasteiger partial charge in [0, 0.05) is 42.7 Å². The van der Waals surface area contributed by atoms with Crippen LogP contribution in [0.25, 0.3) is 27.9 Å². The minimum atomic E-state index is -3.53. The fraction of sp³-hybridized carbons (Fsp3) is 0.227. The van der Waals surface area contributed by atoms with Gasteiger partial charge in [-0.05, 0) is 23.8 Å². The molecule has 31 heavy (non-hydrogen) atoms. The van der Waals surface area contributed by atoms with E-state index in [1.165, 1.54) is 6.08 Å². The quantitative estimate of drug-likeness (QED) is 0.592. The highest BCUT2D eigenvalue weighted by molar-refractivity contribution is 7.95. The number of rotatable bonds is 6. The molecule has 4 rings (SSSR count). The van der Waals surface area contributed by atoms with Crippen LogP contribution in [0.1, 0.15) is 5.56 Å². The summed E-state index contributed by atoms with van der Waals surface area (Å²) in [6.45, 7) is 10.2. The number of sulfone groups is 1. The topological polar surface area (TPSA) is 101 Å². The summed E-state index contributed by atoms with van der Waals surface area (Å²) in [6, 6.07) is 5.55. The van der Waals surface area contributed by atoms with Crippen LogP contribution < -0.4 is 4.90 Å². The van der Waals surface area contributed by atoms with E-state index in [1.54, 1.807) is 18.5 Å². The van der Waals surface area contributed by atoms with Crippen LogP contribution in [0, 0.1) is 0 Å². The summed E-state index contributed by atoms with van der Waals surface area (Å²) in [5, 5.41) is 7.72. The molecule has 4 heterocycles. The van der Waals surface area contributed by atoms with Crippen molar-refractivity contribution in [3.8, 4) is 11.4 Å². The van der Waals surface area contributed by atoms with Crippen LogP contribution in [0.3, 0.4) is 0 Å². The molecule has 0 amide bonds. The molecule has 1 saturated heterocycles. The first kappa shape index (κ1) is 21.0. The molecule has 0 aliphatic carbocycles. The summed E-state index contributed by atoms with van der Waals surface area (Å²) in [4.78, 5) is 11.7. The maximum atomic E-state index is 12.5. The number of aromatic nitrogens is 4. The van der Waals surface area contributed by atoms with Crippen molar-refractivity contribution in [1.29, 1.82) is 0 Å². The number of H-pyrrole nitrogens is 1. The first-order valence-electron chi connectivity index (χ1n) is 9.76. The zero-order valence-corrected chi connectivity index (χ0v) is 18.0. The van der Waals surface area contributed by atoms with Crippen molar-refractivity contribution in [2.45, 2.75) is 0 Å². The van der Waals surface area contributed by atoms with Crippen LogP contribution >= 0.6 is 0 Å². The number of nitrogens with zero attached hydrogens (tertiary/aromatic N) is 4. The van der Waals surface area contributed by atoms with E-state index in [1.807, 2.05) is 18.2 Å². The van der Waals surface area contributed by atoms with Crippen molar-refractivity contribution in [1.82, 2.24) is 20.2 Å². The molecular weight excluding hydrogens is 414 g/mol. The largest absolute Gasteiger partial charge is 0.378 e. The van der Waals surface area contributed by atoms with Crippen LogP contribution in [-0.4, -0.2) is 61.1 Å². The summed E-state index contributed by atoms with van der Waals surface area (Å²) >= 11 is 0. The second kappa shape index (κ2) is 8.44. The Kier molecular flexibility index (Phi) is 5.71. The lowest BCUT2D eigenvalue weighted by atomic mass is 9.99. The highest BCUT2D eigenvalue weighted by Crippen LogP contribution is 2.35. The third-order valence-electron chi connectivity index (χ3n) is 5.15. The number of fused-ring (bicyclic) bond motifs is 1. The number of hydrogen-bond acceptors (Lipinski definition) is 7. The lowest BCUT2D eigenvalue weighted by Gasteiger charge is -2.29. The molecule has 9 heteroatoms. The van der Waals surface area contributed by atoms with Gasteiger partial charge in [-0.15, -0.1) is 0 Å². The molecule has 0 unspecified atom stereocenters. The van der Waals surface area contributed by atoms with Gasteiger partial charge in [0.15, 0.2) is 9.84 Å². The van der Waals surface area contributed by atoms with Crippen LogP contribution in [0.5, 0.6) is 0 Å². The number of nitrogens with one attached hydrogen (secondary N) is 1. The molecule has 3 aromatic rings. The molecule has 8 nitrogen and oxygen atoms in total. The monoisotopic (exact) mass is 437 g/mol. The summed E-state index contributed by atoms with van der Waals surface area (Å²) in [5.74, 6) is 0.718. The lowest BCUT2D eigenvalue weighted by Crippen LogP contribution is -2.36. The van der Waals surface area contributed by atoms with Gasteiger partial charge in [-0.3, -0.25) is 10.1 Å². The van der Waals surface area contributed by atoms with Crippen molar-refractivity contribution in [2.24, 2.45) is 0 Å². The molecule has 3 aromatic heterocycles. The predicted octanol–water partition coefficient (Wildman–Crippen LogP) is 2.98. The van der Waals surface area contributed by atoms with Gasteiger partial charge in [0.25, 0.3) is 0 Å². The number of allylic oxidation sites excluding steroid dienone is 3. The van der Waals surface area contributed by atoms with Crippen LogP contribution in [0.4, 0.5) is 5.82 Å². The van der Waals surface area contributed by atoms with E-state index in [0.717, 1.165) is 23.2 Å². The van der Waals surface area contributed by atoms with Crippen molar-refractivity contribution in [3.05, 3.63) is 66.4 Å². The molecule has 0 atom stereocenters. The van der Waals surface area contributed by atoms with E-state index in [9.17, 15) is 8.42 Å². The normalized spacial score (nSPS) is 15.6. The molecule has 0 bridgehead atoms. The van der Waals surface area contributed by atoms with E-state index >= 15 is 0 Å². The second-order valence-electron chi connectivity index (χ2n) is 7.11. The van der Waals surface area contributed by atoms with Gasteiger partial charge in [0.05, 0.1) is 23.8 Å². The maximum absolute atomic E-state index is 12.5. The van der Waals surface area contributed by atoms with E-state index in [-0.39, 0.29) is 4.91 Å². The molecule has 1 aliphatic rings. The fourth-order valence-electron chi connectivity index (χ4n) is 3.70. The number of hydrogen-bond donors (Lipinski definition) is 1. The molecule has 0 aromatic carbocycles. The average molecular weight is 438 g/mol. The van der Waals surface area contributed by atoms with E-state index in [0.29, 0.717) is 48.7 Å². The number of pyridine rings is 2. The second-order valence-corrected chi connectivity index (χ2v) is 9.10. The van der Waals surface area contributed by atoms with Gasteiger partial charge >= 0.3 is 0 Å². The van der Waals surface area contributed by atoms with Gasteiger partial charge in [-0.25, -0.2) is 13.4 Å². The molecule has 1 N–H and O–H groups in total. The Bertz CT molecular complexity index is 1270. The Morgan fingerprint density at radius 3 is 2.58 bits per heavy atom. The minimum Gasteiger partial charge on any atom is -0.378 e. The number of anilines is 1. The highest BCUT2D eigenvalue weighted by Gasteiger charge is 2.22. The third kappa shape index (κ3) is 4.01. The third-order valence-corrected chi connectivity index (χ3v) is 6.34. The SMILES string of the molecule is C=C/C(=C(\C=C)S(C)(=O)=O)c1cc(N2CCOCC2)nc2c(-c3ccn[nH]3)nccc12. The molecule has 1 aliphatic heterocycles. The predicted molar refractivity (Wildman–Crippen MR) is 122 cm³/mol.